The fourth-order valence-electron chi connectivity index (χ4n) is 4.30. The van der Waals surface area contributed by atoms with Crippen molar-refractivity contribution < 1.29 is 26.3 Å². The molecule has 4 rings (SSSR count). The van der Waals surface area contributed by atoms with E-state index < -0.39 is 41.4 Å². The molecule has 0 spiro atoms. The maximum Gasteiger partial charge on any atom is 0.451 e. The van der Waals surface area contributed by atoms with E-state index in [1.165, 1.54) is 6.20 Å². The molecule has 1 fully saturated rings. The van der Waals surface area contributed by atoms with Crippen molar-refractivity contribution in [3.63, 3.8) is 0 Å². The molecule has 0 amide bonds. The Bertz CT molecular complexity index is 932. The summed E-state index contributed by atoms with van der Waals surface area (Å²) in [6.07, 6.45) is -1.88. The van der Waals surface area contributed by atoms with E-state index in [4.69, 9.17) is 5.73 Å². The first-order chi connectivity index (χ1) is 13.6. The van der Waals surface area contributed by atoms with Gasteiger partial charge < -0.3 is 5.73 Å². The second-order valence-corrected chi connectivity index (χ2v) is 7.59. The van der Waals surface area contributed by atoms with Gasteiger partial charge in [-0.1, -0.05) is 0 Å². The minimum Gasteiger partial charge on any atom is -0.327 e. The average Bonchev–Trinajstić information content (AvgIpc) is 3.07. The van der Waals surface area contributed by atoms with Crippen LogP contribution in [-0.4, -0.2) is 27.0 Å². The van der Waals surface area contributed by atoms with Gasteiger partial charge in [0.15, 0.2) is 11.6 Å². The van der Waals surface area contributed by atoms with Crippen LogP contribution in [0.3, 0.4) is 0 Å². The average molecular weight is 416 g/mol. The van der Waals surface area contributed by atoms with Crippen LogP contribution >= 0.6 is 0 Å². The number of fused-ring (bicyclic) bond motifs is 1. The van der Waals surface area contributed by atoms with Crippen molar-refractivity contribution in [1.82, 2.24) is 14.9 Å². The number of aromatic nitrogens is 2. The maximum atomic E-state index is 14.1. The van der Waals surface area contributed by atoms with Crippen LogP contribution in [0.4, 0.5) is 26.3 Å². The molecule has 29 heavy (non-hydrogen) atoms. The van der Waals surface area contributed by atoms with Gasteiger partial charge in [-0.05, 0) is 30.9 Å². The highest BCUT2D eigenvalue weighted by Crippen LogP contribution is 2.38. The van der Waals surface area contributed by atoms with Crippen molar-refractivity contribution in [3.8, 4) is 0 Å². The summed E-state index contributed by atoms with van der Waals surface area (Å²) >= 11 is 0. The predicted molar refractivity (Wildman–Crippen MR) is 91.0 cm³/mol. The van der Waals surface area contributed by atoms with E-state index in [1.54, 1.807) is 0 Å². The van der Waals surface area contributed by atoms with Gasteiger partial charge in [0.05, 0.1) is 5.69 Å². The van der Waals surface area contributed by atoms with Gasteiger partial charge in [-0.25, -0.2) is 23.1 Å². The van der Waals surface area contributed by atoms with Crippen LogP contribution in [-0.2, 0) is 19.3 Å². The van der Waals surface area contributed by atoms with E-state index in [0.29, 0.717) is 43.1 Å². The van der Waals surface area contributed by atoms with Gasteiger partial charge >= 0.3 is 6.18 Å². The van der Waals surface area contributed by atoms with Crippen LogP contribution in [0.25, 0.3) is 0 Å². The highest BCUT2D eigenvalue weighted by Gasteiger charge is 2.39. The van der Waals surface area contributed by atoms with Gasteiger partial charge in [0, 0.05) is 48.9 Å². The zero-order valence-electron chi connectivity index (χ0n) is 15.2. The number of hydrogen-bond acceptors (Lipinski definition) is 4. The Balaban J connectivity index is 1.46. The number of hydrogen-bond donors (Lipinski definition) is 1. The largest absolute Gasteiger partial charge is 0.451 e. The molecule has 10 heteroatoms. The van der Waals surface area contributed by atoms with Gasteiger partial charge in [0.2, 0.25) is 5.82 Å². The van der Waals surface area contributed by atoms with E-state index in [9.17, 15) is 26.3 Å². The molecule has 2 heterocycles. The predicted octanol–water partition coefficient (Wildman–Crippen LogP) is 3.89. The minimum atomic E-state index is -4.60. The Morgan fingerprint density at radius 1 is 1.00 bits per heavy atom. The first-order valence-electron chi connectivity index (χ1n) is 9.19. The van der Waals surface area contributed by atoms with Crippen molar-refractivity contribution in [2.75, 3.05) is 0 Å². The van der Waals surface area contributed by atoms with Crippen LogP contribution in [0.5, 0.6) is 0 Å². The monoisotopic (exact) mass is 416 g/mol. The summed E-state index contributed by atoms with van der Waals surface area (Å²) in [6.45, 7) is 0.664. The zero-order valence-corrected chi connectivity index (χ0v) is 15.2. The number of alkyl halides is 3. The molecule has 0 bridgehead atoms. The van der Waals surface area contributed by atoms with E-state index in [0.717, 1.165) is 6.07 Å². The first kappa shape index (κ1) is 20.1. The molecule has 2 aromatic rings. The van der Waals surface area contributed by atoms with Crippen LogP contribution in [0, 0.1) is 17.5 Å². The molecule has 4 nitrogen and oxygen atoms in total. The molecule has 2 N–H and O–H groups in total. The van der Waals surface area contributed by atoms with Crippen LogP contribution in [0.1, 0.15) is 47.8 Å². The van der Waals surface area contributed by atoms with E-state index in [1.807, 2.05) is 4.90 Å². The molecule has 0 unspecified atom stereocenters. The summed E-state index contributed by atoms with van der Waals surface area (Å²) in [5.74, 6) is -4.81. The summed E-state index contributed by atoms with van der Waals surface area (Å²) in [7, 11) is 0. The molecule has 3 atom stereocenters. The Morgan fingerprint density at radius 2 is 1.72 bits per heavy atom. The van der Waals surface area contributed by atoms with Gasteiger partial charge in [-0.15, -0.1) is 0 Å². The Kier molecular flexibility index (Phi) is 5.02. The highest BCUT2D eigenvalue weighted by atomic mass is 19.4. The number of benzene rings is 1. The third-order valence-corrected chi connectivity index (χ3v) is 5.76. The molecule has 1 aliphatic heterocycles. The number of halogens is 6. The van der Waals surface area contributed by atoms with Crippen molar-refractivity contribution in [3.05, 3.63) is 58.4 Å². The minimum absolute atomic E-state index is 0.0295. The van der Waals surface area contributed by atoms with Gasteiger partial charge in [0.25, 0.3) is 0 Å². The lowest BCUT2D eigenvalue weighted by molar-refractivity contribution is -0.145. The molecular weight excluding hydrogens is 398 g/mol. The molecule has 2 aliphatic rings. The second kappa shape index (κ2) is 7.24. The lowest BCUT2D eigenvalue weighted by atomic mass is 9.77. The van der Waals surface area contributed by atoms with E-state index >= 15 is 0 Å². The topological polar surface area (TPSA) is 55.0 Å². The summed E-state index contributed by atoms with van der Waals surface area (Å²) in [4.78, 5) is 9.03. The fraction of sp³-hybridized carbons (Fsp3) is 0.474. The Morgan fingerprint density at radius 3 is 2.41 bits per heavy atom. The molecular formula is C19H18F6N4. The van der Waals surface area contributed by atoms with Gasteiger partial charge in [-0.3, -0.25) is 4.90 Å². The third-order valence-electron chi connectivity index (χ3n) is 5.76. The van der Waals surface area contributed by atoms with E-state index in [-0.39, 0.29) is 18.2 Å². The smallest absolute Gasteiger partial charge is 0.327 e. The Hall–Kier alpha value is -2.20. The summed E-state index contributed by atoms with van der Waals surface area (Å²) < 4.78 is 79.3. The van der Waals surface area contributed by atoms with Crippen LogP contribution < -0.4 is 5.73 Å². The standard InChI is InChI=1S/C19H18F6N4/c20-13-5-15(22)14(21)4-12(13)11-2-1-10(3-16(11)26)29-7-9-6-27-18(19(23,24)25)28-17(9)8-29/h4-6,10-11,16H,1-3,7-8,26H2/t10-,11+,16-/m0/s1. The van der Waals surface area contributed by atoms with Gasteiger partial charge in [-0.2, -0.15) is 13.2 Å². The molecule has 0 radical (unpaired) electrons. The molecule has 0 saturated heterocycles. The zero-order chi connectivity index (χ0) is 20.9. The normalized spacial score (nSPS) is 25.3. The first-order valence-corrected chi connectivity index (χ1v) is 9.19. The number of rotatable bonds is 2. The summed E-state index contributed by atoms with van der Waals surface area (Å²) in [5, 5.41) is 0. The lowest BCUT2D eigenvalue weighted by Gasteiger charge is -2.38. The summed E-state index contributed by atoms with van der Waals surface area (Å²) in [5.41, 5.74) is 7.26. The molecule has 1 aromatic carbocycles. The van der Waals surface area contributed by atoms with Gasteiger partial charge in [0.1, 0.15) is 5.82 Å². The quantitative estimate of drug-likeness (QED) is 0.596. The number of nitrogens with two attached hydrogens (primary N) is 1. The molecule has 1 aliphatic carbocycles. The summed E-state index contributed by atoms with van der Waals surface area (Å²) in [6, 6.07) is 0.860. The lowest BCUT2D eigenvalue weighted by Crippen LogP contribution is -2.44. The van der Waals surface area contributed by atoms with Crippen molar-refractivity contribution in [2.24, 2.45) is 5.73 Å². The van der Waals surface area contributed by atoms with Crippen molar-refractivity contribution >= 4 is 0 Å². The van der Waals surface area contributed by atoms with E-state index in [2.05, 4.69) is 9.97 Å². The van der Waals surface area contributed by atoms with Crippen molar-refractivity contribution in [2.45, 2.75) is 56.5 Å². The SMILES string of the molecule is N[C@H]1C[C@@H](N2Cc3cnc(C(F)(F)F)nc3C2)CC[C@@H]1c1cc(F)c(F)cc1F. The Labute approximate surface area is 162 Å². The van der Waals surface area contributed by atoms with Crippen LogP contribution in [0.2, 0.25) is 0 Å². The van der Waals surface area contributed by atoms with Crippen molar-refractivity contribution in [1.29, 1.82) is 0 Å². The molecule has 1 aromatic heterocycles. The second-order valence-electron chi connectivity index (χ2n) is 7.59. The molecule has 1 saturated carbocycles. The number of nitrogens with zero attached hydrogens (tertiary/aromatic N) is 3. The fourth-order valence-corrected chi connectivity index (χ4v) is 4.30. The maximum absolute atomic E-state index is 14.1. The highest BCUT2D eigenvalue weighted by molar-refractivity contribution is 5.27. The van der Waals surface area contributed by atoms with Crippen LogP contribution in [0.15, 0.2) is 18.3 Å². The molecule has 156 valence electrons. The third kappa shape index (κ3) is 3.83.